The molecule has 0 bridgehead atoms. The third kappa shape index (κ3) is 6.46. The summed E-state index contributed by atoms with van der Waals surface area (Å²) in [4.78, 5) is 4.26. The van der Waals surface area contributed by atoms with Crippen molar-refractivity contribution in [3.05, 3.63) is 24.4 Å². The monoisotopic (exact) mass is 195 g/mol. The predicted molar refractivity (Wildman–Crippen MR) is 62.5 cm³/mol. The maximum absolute atomic E-state index is 5.49. The Labute approximate surface area is 87.4 Å². The van der Waals surface area contributed by atoms with E-state index in [2.05, 4.69) is 25.4 Å². The average Bonchev–Trinajstić information content (AvgIpc) is 2.14. The van der Waals surface area contributed by atoms with Crippen molar-refractivity contribution in [3.63, 3.8) is 0 Å². The number of allylic oxidation sites excluding steroid dienone is 3. The molecule has 0 aromatic carbocycles. The van der Waals surface area contributed by atoms with Crippen LogP contribution in [0.25, 0.3) is 0 Å². The molecule has 0 heterocycles. The van der Waals surface area contributed by atoms with Gasteiger partial charge < -0.3 is 4.74 Å². The van der Waals surface area contributed by atoms with Crippen molar-refractivity contribution in [1.29, 1.82) is 0 Å². The second-order valence-electron chi connectivity index (χ2n) is 3.50. The van der Waals surface area contributed by atoms with Gasteiger partial charge in [-0.2, -0.15) is 0 Å². The number of nitrogens with zero attached hydrogens (tertiary/aromatic N) is 1. The van der Waals surface area contributed by atoms with E-state index in [9.17, 15) is 0 Å². The van der Waals surface area contributed by atoms with E-state index >= 15 is 0 Å². The molecule has 14 heavy (non-hydrogen) atoms. The summed E-state index contributed by atoms with van der Waals surface area (Å²) >= 11 is 0. The molecule has 0 saturated carbocycles. The van der Waals surface area contributed by atoms with Gasteiger partial charge >= 0.3 is 0 Å². The standard InChI is InChI=1S/C12H21NO/c1-6-8-11(4)13-12(5)14-9-10(3)7-2/h6,8,10H,1,7,9H2,2-5H3/b11-8+,13-12?. The van der Waals surface area contributed by atoms with E-state index in [1.807, 2.05) is 19.9 Å². The molecule has 0 rings (SSSR count). The van der Waals surface area contributed by atoms with E-state index in [4.69, 9.17) is 4.74 Å². The maximum Gasteiger partial charge on any atom is 0.184 e. The molecule has 0 amide bonds. The van der Waals surface area contributed by atoms with Gasteiger partial charge in [0.05, 0.1) is 6.61 Å². The zero-order valence-corrected chi connectivity index (χ0v) is 9.71. The van der Waals surface area contributed by atoms with Crippen LogP contribution in [0.2, 0.25) is 0 Å². The first-order chi connectivity index (χ1) is 6.60. The maximum atomic E-state index is 5.49. The molecule has 2 nitrogen and oxygen atoms in total. The van der Waals surface area contributed by atoms with Crippen LogP contribution in [0.15, 0.2) is 29.4 Å². The molecule has 2 heteroatoms. The summed E-state index contributed by atoms with van der Waals surface area (Å²) in [6.45, 7) is 12.5. The Morgan fingerprint density at radius 3 is 2.64 bits per heavy atom. The molecule has 0 aliphatic carbocycles. The summed E-state index contributed by atoms with van der Waals surface area (Å²) in [5, 5.41) is 0. The summed E-state index contributed by atoms with van der Waals surface area (Å²) in [7, 11) is 0. The minimum atomic E-state index is 0.587. The number of rotatable bonds is 5. The van der Waals surface area contributed by atoms with Gasteiger partial charge in [0.15, 0.2) is 5.90 Å². The Morgan fingerprint density at radius 1 is 1.50 bits per heavy atom. The highest BCUT2D eigenvalue weighted by Gasteiger charge is 1.99. The van der Waals surface area contributed by atoms with Gasteiger partial charge in [-0.05, 0) is 18.9 Å². The van der Waals surface area contributed by atoms with Crippen LogP contribution in [0.1, 0.15) is 34.1 Å². The molecule has 0 aromatic rings. The van der Waals surface area contributed by atoms with Crippen LogP contribution in [0.3, 0.4) is 0 Å². The number of hydrogen-bond donors (Lipinski definition) is 0. The summed E-state index contributed by atoms with van der Waals surface area (Å²) in [6.07, 6.45) is 4.71. The third-order valence-corrected chi connectivity index (χ3v) is 1.97. The fourth-order valence-electron chi connectivity index (χ4n) is 0.869. The molecule has 80 valence electrons. The van der Waals surface area contributed by atoms with Crippen molar-refractivity contribution < 1.29 is 4.74 Å². The topological polar surface area (TPSA) is 21.6 Å². The van der Waals surface area contributed by atoms with Gasteiger partial charge in [0.1, 0.15) is 0 Å². The van der Waals surface area contributed by atoms with Crippen molar-refractivity contribution >= 4 is 5.90 Å². The molecule has 0 spiro atoms. The molecule has 0 saturated heterocycles. The van der Waals surface area contributed by atoms with Gasteiger partial charge in [-0.15, -0.1) is 0 Å². The molecule has 0 fully saturated rings. The molecule has 1 atom stereocenters. The van der Waals surface area contributed by atoms with Crippen molar-refractivity contribution in [2.45, 2.75) is 34.1 Å². The molecule has 0 radical (unpaired) electrons. The molecular formula is C12H21NO. The second kappa shape index (κ2) is 7.36. The van der Waals surface area contributed by atoms with Gasteiger partial charge in [0.2, 0.25) is 0 Å². The fraction of sp³-hybridized carbons (Fsp3) is 0.583. The minimum absolute atomic E-state index is 0.587. The van der Waals surface area contributed by atoms with Crippen LogP contribution >= 0.6 is 0 Å². The lowest BCUT2D eigenvalue weighted by Crippen LogP contribution is -2.08. The first kappa shape index (κ1) is 12.9. The van der Waals surface area contributed by atoms with E-state index in [0.29, 0.717) is 5.92 Å². The number of aliphatic imine (C=N–C) groups is 1. The van der Waals surface area contributed by atoms with Crippen LogP contribution in [-0.4, -0.2) is 12.5 Å². The van der Waals surface area contributed by atoms with Gasteiger partial charge in [0, 0.05) is 12.6 Å². The Kier molecular flexibility index (Phi) is 6.81. The SMILES string of the molecule is C=C/C=C(\C)N=C(C)OCC(C)CC. The zero-order chi connectivity index (χ0) is 11.0. The molecular weight excluding hydrogens is 174 g/mol. The smallest absolute Gasteiger partial charge is 0.184 e. The van der Waals surface area contributed by atoms with Crippen LogP contribution in [-0.2, 0) is 4.74 Å². The second-order valence-corrected chi connectivity index (χ2v) is 3.50. The van der Waals surface area contributed by atoms with Crippen molar-refractivity contribution in [3.8, 4) is 0 Å². The largest absolute Gasteiger partial charge is 0.481 e. The van der Waals surface area contributed by atoms with Crippen LogP contribution < -0.4 is 0 Å². The minimum Gasteiger partial charge on any atom is -0.481 e. The van der Waals surface area contributed by atoms with E-state index < -0.39 is 0 Å². The third-order valence-electron chi connectivity index (χ3n) is 1.97. The fourth-order valence-corrected chi connectivity index (χ4v) is 0.869. The zero-order valence-electron chi connectivity index (χ0n) is 9.71. The van der Waals surface area contributed by atoms with E-state index in [1.165, 1.54) is 0 Å². The molecule has 0 N–H and O–H groups in total. The lowest BCUT2D eigenvalue weighted by molar-refractivity contribution is 0.242. The van der Waals surface area contributed by atoms with Gasteiger partial charge in [-0.3, -0.25) is 0 Å². The van der Waals surface area contributed by atoms with Crippen LogP contribution in [0.5, 0.6) is 0 Å². The van der Waals surface area contributed by atoms with E-state index in [0.717, 1.165) is 24.6 Å². The average molecular weight is 195 g/mol. The highest BCUT2D eigenvalue weighted by atomic mass is 16.5. The Balaban J connectivity index is 4.00. The Hall–Kier alpha value is -1.05. The Morgan fingerprint density at radius 2 is 2.14 bits per heavy atom. The van der Waals surface area contributed by atoms with Crippen LogP contribution in [0.4, 0.5) is 0 Å². The van der Waals surface area contributed by atoms with Gasteiger partial charge in [0.25, 0.3) is 0 Å². The van der Waals surface area contributed by atoms with Crippen molar-refractivity contribution in [2.75, 3.05) is 6.61 Å². The van der Waals surface area contributed by atoms with E-state index in [-0.39, 0.29) is 0 Å². The molecule has 0 aromatic heterocycles. The molecule has 0 aliphatic heterocycles. The van der Waals surface area contributed by atoms with Crippen LogP contribution in [0, 0.1) is 5.92 Å². The summed E-state index contributed by atoms with van der Waals surface area (Å²) in [6, 6.07) is 0. The van der Waals surface area contributed by atoms with E-state index in [1.54, 1.807) is 6.08 Å². The number of hydrogen-bond acceptors (Lipinski definition) is 2. The van der Waals surface area contributed by atoms with Crippen molar-refractivity contribution in [2.24, 2.45) is 10.9 Å². The quantitative estimate of drug-likeness (QED) is 0.373. The summed E-state index contributed by atoms with van der Waals surface area (Å²) in [5.41, 5.74) is 0.918. The number of ether oxygens (including phenoxy) is 1. The van der Waals surface area contributed by atoms with Crippen molar-refractivity contribution in [1.82, 2.24) is 0 Å². The summed E-state index contributed by atoms with van der Waals surface area (Å²) in [5.74, 6) is 1.31. The van der Waals surface area contributed by atoms with Gasteiger partial charge in [-0.25, -0.2) is 4.99 Å². The molecule has 1 unspecified atom stereocenters. The Bertz CT molecular complexity index is 228. The van der Waals surface area contributed by atoms with Gasteiger partial charge in [-0.1, -0.05) is 32.9 Å². The predicted octanol–water partition coefficient (Wildman–Crippen LogP) is 3.56. The first-order valence-electron chi connectivity index (χ1n) is 5.07. The lowest BCUT2D eigenvalue weighted by Gasteiger charge is -2.10. The normalized spacial score (nSPS) is 15.1. The lowest BCUT2D eigenvalue weighted by atomic mass is 10.1. The highest BCUT2D eigenvalue weighted by Crippen LogP contribution is 2.02. The highest BCUT2D eigenvalue weighted by molar-refractivity contribution is 5.74. The molecule has 0 aliphatic rings. The first-order valence-corrected chi connectivity index (χ1v) is 5.07. The summed E-state index contributed by atoms with van der Waals surface area (Å²) < 4.78 is 5.49.